The molecule has 3 rings (SSSR count). The highest BCUT2D eigenvalue weighted by molar-refractivity contribution is 14.0. The van der Waals surface area contributed by atoms with Crippen molar-refractivity contribution in [3.05, 3.63) is 29.8 Å². The molecule has 0 spiro atoms. The Bertz CT molecular complexity index is 700. The molecule has 29 heavy (non-hydrogen) atoms. The third-order valence-corrected chi connectivity index (χ3v) is 5.74. The minimum Gasteiger partial charge on any atom is -0.487 e. The summed E-state index contributed by atoms with van der Waals surface area (Å²) in [6, 6.07) is 8.46. The molecule has 2 N–H and O–H groups in total. The second kappa shape index (κ2) is 9.86. The van der Waals surface area contributed by atoms with Crippen LogP contribution in [0.5, 0.6) is 5.75 Å². The first-order valence-corrected chi connectivity index (χ1v) is 10.6. The Morgan fingerprint density at radius 3 is 2.66 bits per heavy atom. The van der Waals surface area contributed by atoms with Crippen molar-refractivity contribution < 1.29 is 9.47 Å². The molecule has 3 unspecified atom stereocenters. The maximum absolute atomic E-state index is 6.15. The Balaban J connectivity index is 0.00000300. The largest absolute Gasteiger partial charge is 0.487 e. The van der Waals surface area contributed by atoms with Gasteiger partial charge in [0.15, 0.2) is 5.96 Å². The van der Waals surface area contributed by atoms with Gasteiger partial charge in [0.25, 0.3) is 0 Å². The zero-order valence-corrected chi connectivity index (χ0v) is 21.1. The van der Waals surface area contributed by atoms with Gasteiger partial charge in [0.2, 0.25) is 0 Å². The molecular formula is C23H38IN3O2. The number of benzene rings is 1. The van der Waals surface area contributed by atoms with Crippen molar-refractivity contribution in [3.8, 4) is 5.75 Å². The quantitative estimate of drug-likeness (QED) is 0.341. The minimum atomic E-state index is -0.209. The summed E-state index contributed by atoms with van der Waals surface area (Å²) in [5.74, 6) is 2.29. The topological polar surface area (TPSA) is 54.9 Å². The van der Waals surface area contributed by atoms with Gasteiger partial charge in [-0.05, 0) is 38.2 Å². The van der Waals surface area contributed by atoms with Gasteiger partial charge in [-0.25, -0.2) is 0 Å². The zero-order chi connectivity index (χ0) is 20.4. The fraction of sp³-hybridized carbons (Fsp3) is 0.696. The number of ether oxygens (including phenoxy) is 2. The average molecular weight is 515 g/mol. The molecule has 5 nitrogen and oxygen atoms in total. The summed E-state index contributed by atoms with van der Waals surface area (Å²) in [4.78, 5) is 4.49. The zero-order valence-electron chi connectivity index (χ0n) is 18.7. The van der Waals surface area contributed by atoms with E-state index in [0.29, 0.717) is 5.92 Å². The molecule has 1 fully saturated rings. The Morgan fingerprint density at radius 1 is 1.24 bits per heavy atom. The second-order valence-corrected chi connectivity index (χ2v) is 9.81. The maximum Gasteiger partial charge on any atom is 0.191 e. The van der Waals surface area contributed by atoms with Crippen molar-refractivity contribution in [1.82, 2.24) is 10.6 Å². The normalized spacial score (nSPS) is 26.6. The molecule has 2 heterocycles. The summed E-state index contributed by atoms with van der Waals surface area (Å²) in [5.41, 5.74) is 1.13. The molecule has 0 bridgehead atoms. The summed E-state index contributed by atoms with van der Waals surface area (Å²) in [7, 11) is 1.84. The molecule has 1 saturated heterocycles. The van der Waals surface area contributed by atoms with Gasteiger partial charge in [-0.1, -0.05) is 39.0 Å². The fourth-order valence-corrected chi connectivity index (χ4v) is 4.53. The first-order valence-electron chi connectivity index (χ1n) is 10.6. The van der Waals surface area contributed by atoms with Gasteiger partial charge in [-0.2, -0.15) is 0 Å². The first-order chi connectivity index (χ1) is 13.2. The molecule has 6 heteroatoms. The van der Waals surface area contributed by atoms with E-state index in [1.54, 1.807) is 0 Å². The molecule has 0 amide bonds. The van der Waals surface area contributed by atoms with Gasteiger partial charge >= 0.3 is 0 Å². The molecule has 2 aliphatic rings. The number of aliphatic imine (C=N–C) groups is 1. The van der Waals surface area contributed by atoms with Gasteiger partial charge in [0, 0.05) is 38.1 Å². The highest BCUT2D eigenvalue weighted by atomic mass is 127. The number of rotatable bonds is 3. The van der Waals surface area contributed by atoms with E-state index in [1.165, 1.54) is 12.0 Å². The number of nitrogens with one attached hydrogen (secondary N) is 2. The third kappa shape index (κ3) is 6.23. The standard InChI is InChI=1S/C23H37N3O2.HI/c1-22(2,3)20-16(10-9-13-27-20)15-25-21(24-6)26-18-14-23(4,5)28-19-12-8-7-11-17(18)19;/h7-8,11-12,16,18,20H,9-10,13-15H2,1-6H3,(H2,24,25,26);1H. The minimum absolute atomic E-state index is 0. The van der Waals surface area contributed by atoms with Crippen molar-refractivity contribution in [1.29, 1.82) is 0 Å². The number of hydrogen-bond donors (Lipinski definition) is 2. The summed E-state index contributed by atoms with van der Waals surface area (Å²) in [5, 5.41) is 7.19. The van der Waals surface area contributed by atoms with Crippen LogP contribution in [0, 0.1) is 11.3 Å². The van der Waals surface area contributed by atoms with E-state index in [9.17, 15) is 0 Å². The highest BCUT2D eigenvalue weighted by Crippen LogP contribution is 2.39. The number of para-hydroxylation sites is 1. The molecule has 1 aromatic rings. The number of fused-ring (bicyclic) bond motifs is 1. The van der Waals surface area contributed by atoms with Crippen molar-refractivity contribution in [3.63, 3.8) is 0 Å². The van der Waals surface area contributed by atoms with Crippen LogP contribution in [0.25, 0.3) is 0 Å². The molecule has 1 aromatic carbocycles. The Hall–Kier alpha value is -1.02. The van der Waals surface area contributed by atoms with Crippen molar-refractivity contribution in [2.24, 2.45) is 16.3 Å². The Labute approximate surface area is 193 Å². The van der Waals surface area contributed by atoms with Crippen LogP contribution in [0.1, 0.15) is 65.5 Å². The molecule has 3 atom stereocenters. The summed E-state index contributed by atoms with van der Waals surface area (Å²) < 4.78 is 12.3. The van der Waals surface area contributed by atoms with Crippen LogP contribution in [-0.4, -0.2) is 37.9 Å². The van der Waals surface area contributed by atoms with E-state index < -0.39 is 0 Å². The number of guanidine groups is 1. The molecule has 2 aliphatic heterocycles. The van der Waals surface area contributed by atoms with Gasteiger partial charge in [-0.3, -0.25) is 4.99 Å². The maximum atomic E-state index is 6.15. The molecule has 164 valence electrons. The fourth-order valence-electron chi connectivity index (χ4n) is 4.53. The molecule has 0 aromatic heterocycles. The van der Waals surface area contributed by atoms with E-state index in [2.05, 4.69) is 68.4 Å². The highest BCUT2D eigenvalue weighted by Gasteiger charge is 2.36. The number of halogens is 1. The van der Waals surface area contributed by atoms with Crippen LogP contribution in [0.3, 0.4) is 0 Å². The van der Waals surface area contributed by atoms with E-state index >= 15 is 0 Å². The summed E-state index contributed by atoms with van der Waals surface area (Å²) in [6.45, 7) is 12.8. The van der Waals surface area contributed by atoms with Crippen LogP contribution < -0.4 is 15.4 Å². The van der Waals surface area contributed by atoms with Gasteiger partial charge in [0.1, 0.15) is 11.4 Å². The number of nitrogens with zero attached hydrogens (tertiary/aromatic N) is 1. The van der Waals surface area contributed by atoms with Gasteiger partial charge in [0.05, 0.1) is 12.1 Å². The monoisotopic (exact) mass is 515 g/mol. The van der Waals surface area contributed by atoms with Crippen molar-refractivity contribution in [2.75, 3.05) is 20.2 Å². The SMILES string of the molecule is CN=C(NCC1CCCOC1C(C)(C)C)NC1CC(C)(C)Oc2ccccc21.I. The second-order valence-electron chi connectivity index (χ2n) is 9.81. The van der Waals surface area contributed by atoms with Gasteiger partial charge in [-0.15, -0.1) is 24.0 Å². The molecule has 0 radical (unpaired) electrons. The van der Waals surface area contributed by atoms with E-state index in [4.69, 9.17) is 9.47 Å². The molecule has 0 aliphatic carbocycles. The lowest BCUT2D eigenvalue weighted by molar-refractivity contribution is -0.0835. The summed E-state index contributed by atoms with van der Waals surface area (Å²) in [6.07, 6.45) is 3.49. The average Bonchev–Trinajstić information content (AvgIpc) is 2.63. The van der Waals surface area contributed by atoms with Crippen LogP contribution in [0.4, 0.5) is 0 Å². The lowest BCUT2D eigenvalue weighted by atomic mass is 9.78. The first kappa shape index (κ1) is 24.3. The van der Waals surface area contributed by atoms with E-state index in [1.807, 2.05) is 13.1 Å². The molecule has 0 saturated carbocycles. The smallest absolute Gasteiger partial charge is 0.191 e. The van der Waals surface area contributed by atoms with Crippen molar-refractivity contribution >= 4 is 29.9 Å². The van der Waals surface area contributed by atoms with Crippen molar-refractivity contribution in [2.45, 2.75) is 71.6 Å². The predicted octanol–water partition coefficient (Wildman–Crippen LogP) is 4.91. The Morgan fingerprint density at radius 2 is 1.97 bits per heavy atom. The van der Waals surface area contributed by atoms with Crippen LogP contribution in [-0.2, 0) is 4.74 Å². The number of hydrogen-bond acceptors (Lipinski definition) is 3. The van der Waals surface area contributed by atoms with Crippen LogP contribution in [0.2, 0.25) is 0 Å². The van der Waals surface area contributed by atoms with Crippen LogP contribution >= 0.6 is 24.0 Å². The summed E-state index contributed by atoms with van der Waals surface area (Å²) >= 11 is 0. The third-order valence-electron chi connectivity index (χ3n) is 5.74. The lowest BCUT2D eigenvalue weighted by Gasteiger charge is -2.41. The predicted molar refractivity (Wildman–Crippen MR) is 130 cm³/mol. The van der Waals surface area contributed by atoms with E-state index in [-0.39, 0.29) is 47.1 Å². The van der Waals surface area contributed by atoms with Crippen LogP contribution in [0.15, 0.2) is 29.3 Å². The van der Waals surface area contributed by atoms with Gasteiger partial charge < -0.3 is 20.1 Å². The van der Waals surface area contributed by atoms with E-state index in [0.717, 1.165) is 37.7 Å². The Kier molecular flexibility index (Phi) is 8.24. The lowest BCUT2D eigenvalue weighted by Crippen LogP contribution is -2.49. The molecular weight excluding hydrogens is 477 g/mol.